The first-order valence-electron chi connectivity index (χ1n) is 15.6. The molecule has 0 aliphatic carbocycles. The van der Waals surface area contributed by atoms with E-state index in [-0.39, 0.29) is 37.5 Å². The number of hydrogen-bond acceptors (Lipinski definition) is 9. The van der Waals surface area contributed by atoms with E-state index in [4.69, 9.17) is 28.4 Å². The molecule has 0 atom stereocenters. The normalized spacial score (nSPS) is 12.7. The van der Waals surface area contributed by atoms with Gasteiger partial charge in [0.15, 0.2) is 0 Å². The Balaban J connectivity index is 1.24. The van der Waals surface area contributed by atoms with Gasteiger partial charge in [-0.2, -0.15) is 0 Å². The van der Waals surface area contributed by atoms with Gasteiger partial charge in [0.25, 0.3) is 11.8 Å². The van der Waals surface area contributed by atoms with Crippen LogP contribution in [0.3, 0.4) is 0 Å². The molecule has 0 spiro atoms. The second-order valence-corrected chi connectivity index (χ2v) is 10.2. The second-order valence-electron chi connectivity index (χ2n) is 10.2. The lowest BCUT2D eigenvalue weighted by Gasteiger charge is -2.13. The van der Waals surface area contributed by atoms with Crippen LogP contribution in [0.25, 0.3) is 0 Å². The van der Waals surface area contributed by atoms with Crippen LogP contribution in [0.1, 0.15) is 91.8 Å². The first kappa shape index (κ1) is 35.8. The van der Waals surface area contributed by atoms with E-state index in [9.17, 15) is 14.4 Å². The summed E-state index contributed by atoms with van der Waals surface area (Å²) >= 11 is 0. The molecular weight excluding hydrogens is 542 g/mol. The lowest BCUT2D eigenvalue weighted by Crippen LogP contribution is -2.33. The first-order valence-corrected chi connectivity index (χ1v) is 15.6. The number of carbonyl (C=O) groups excluding carboxylic acids is 3. The largest absolute Gasteiger partial charge is 0.463 e. The van der Waals surface area contributed by atoms with Crippen LogP contribution < -0.4 is 0 Å². The Hall–Kier alpha value is -2.37. The summed E-state index contributed by atoms with van der Waals surface area (Å²) in [5.41, 5.74) is 0.886. The number of fused-ring (bicyclic) bond motifs is 1. The first-order chi connectivity index (χ1) is 20.6. The standard InChI is InChI=1S/C32H51NO9/c1-2-3-4-5-6-7-8-9-10-15-30(34)42-27-26-41-25-24-40-23-22-39-21-20-38-19-18-37-17-16-33-31(35)28-13-11-12-14-29(28)32(33)36/h11-14H,2-10,15-27H2,1H3. The van der Waals surface area contributed by atoms with Gasteiger partial charge in [0.1, 0.15) is 6.61 Å². The molecular formula is C32H51NO9. The van der Waals surface area contributed by atoms with E-state index in [2.05, 4.69) is 6.92 Å². The van der Waals surface area contributed by atoms with Crippen molar-refractivity contribution in [1.29, 1.82) is 0 Å². The number of carbonyl (C=O) groups is 3. The van der Waals surface area contributed by atoms with Crippen molar-refractivity contribution in [3.05, 3.63) is 35.4 Å². The van der Waals surface area contributed by atoms with Crippen molar-refractivity contribution < 1.29 is 42.8 Å². The van der Waals surface area contributed by atoms with Gasteiger partial charge in [-0.15, -0.1) is 0 Å². The van der Waals surface area contributed by atoms with E-state index < -0.39 is 0 Å². The maximum atomic E-state index is 12.3. The highest BCUT2D eigenvalue weighted by Gasteiger charge is 2.34. The van der Waals surface area contributed by atoms with Crippen LogP contribution in [0.4, 0.5) is 0 Å². The average molecular weight is 594 g/mol. The van der Waals surface area contributed by atoms with Crippen LogP contribution in [-0.4, -0.2) is 102 Å². The van der Waals surface area contributed by atoms with Crippen LogP contribution >= 0.6 is 0 Å². The van der Waals surface area contributed by atoms with Crippen LogP contribution in [-0.2, 0) is 33.2 Å². The SMILES string of the molecule is CCCCCCCCCCCC(=O)OCCOCCOCCOCCOCCOCCN1C(=O)c2ccccc2C1=O. The van der Waals surface area contributed by atoms with Gasteiger partial charge in [0.05, 0.1) is 83.7 Å². The molecule has 0 bridgehead atoms. The van der Waals surface area contributed by atoms with Crippen LogP contribution in [0.5, 0.6) is 0 Å². The minimum absolute atomic E-state index is 0.147. The molecule has 42 heavy (non-hydrogen) atoms. The molecule has 2 rings (SSSR count). The van der Waals surface area contributed by atoms with E-state index in [0.29, 0.717) is 77.0 Å². The van der Waals surface area contributed by atoms with Gasteiger partial charge in [-0.05, 0) is 18.6 Å². The summed E-state index contributed by atoms with van der Waals surface area (Å²) in [6, 6.07) is 6.82. The van der Waals surface area contributed by atoms with Gasteiger partial charge < -0.3 is 28.4 Å². The molecule has 1 aromatic carbocycles. The van der Waals surface area contributed by atoms with Crippen molar-refractivity contribution in [3.8, 4) is 0 Å². The van der Waals surface area contributed by atoms with Gasteiger partial charge in [-0.1, -0.05) is 70.4 Å². The molecule has 0 radical (unpaired) electrons. The number of ether oxygens (including phenoxy) is 6. The fourth-order valence-electron chi connectivity index (χ4n) is 4.45. The molecule has 0 saturated carbocycles. The summed E-state index contributed by atoms with van der Waals surface area (Å²) in [6.45, 7) is 6.79. The third-order valence-corrected chi connectivity index (χ3v) is 6.80. The molecule has 1 aromatic rings. The number of esters is 1. The predicted octanol–water partition coefficient (Wildman–Crippen LogP) is 4.83. The highest BCUT2D eigenvalue weighted by Crippen LogP contribution is 2.21. The van der Waals surface area contributed by atoms with Gasteiger partial charge in [0, 0.05) is 6.42 Å². The molecule has 2 amide bonds. The number of benzene rings is 1. The molecule has 1 aliphatic rings. The van der Waals surface area contributed by atoms with Gasteiger partial charge in [-0.3, -0.25) is 19.3 Å². The third kappa shape index (κ3) is 15.7. The minimum Gasteiger partial charge on any atom is -0.463 e. The predicted molar refractivity (Wildman–Crippen MR) is 159 cm³/mol. The molecule has 0 fully saturated rings. The number of imide groups is 1. The lowest BCUT2D eigenvalue weighted by molar-refractivity contribution is -0.145. The van der Waals surface area contributed by atoms with E-state index in [1.807, 2.05) is 0 Å². The van der Waals surface area contributed by atoms with Gasteiger partial charge in [-0.25, -0.2) is 0 Å². The molecule has 10 nitrogen and oxygen atoms in total. The van der Waals surface area contributed by atoms with Crippen molar-refractivity contribution >= 4 is 17.8 Å². The highest BCUT2D eigenvalue weighted by molar-refractivity contribution is 6.21. The molecule has 1 heterocycles. The Kier molecular flexibility index (Phi) is 20.6. The number of hydrogen-bond donors (Lipinski definition) is 0. The minimum atomic E-state index is -0.276. The van der Waals surface area contributed by atoms with E-state index in [0.717, 1.165) is 12.8 Å². The summed E-state index contributed by atoms with van der Waals surface area (Å²) in [7, 11) is 0. The van der Waals surface area contributed by atoms with E-state index >= 15 is 0 Å². The molecule has 0 saturated heterocycles. The molecule has 10 heteroatoms. The Bertz CT molecular complexity index is 844. The summed E-state index contributed by atoms with van der Waals surface area (Å²) in [5, 5.41) is 0. The zero-order valence-electron chi connectivity index (χ0n) is 25.5. The number of nitrogens with zero attached hydrogens (tertiary/aromatic N) is 1. The zero-order valence-corrected chi connectivity index (χ0v) is 25.5. The van der Waals surface area contributed by atoms with Crippen LogP contribution in [0, 0.1) is 0 Å². The van der Waals surface area contributed by atoms with Crippen molar-refractivity contribution in [2.45, 2.75) is 71.1 Å². The van der Waals surface area contributed by atoms with Crippen molar-refractivity contribution in [2.24, 2.45) is 0 Å². The van der Waals surface area contributed by atoms with Crippen molar-refractivity contribution in [2.75, 3.05) is 79.2 Å². The molecule has 0 N–H and O–H groups in total. The lowest BCUT2D eigenvalue weighted by atomic mass is 10.1. The van der Waals surface area contributed by atoms with Crippen molar-refractivity contribution in [1.82, 2.24) is 4.90 Å². The molecule has 0 unspecified atom stereocenters. The summed E-state index contributed by atoms with van der Waals surface area (Å²) in [6.07, 6.45) is 11.5. The van der Waals surface area contributed by atoms with Gasteiger partial charge in [0.2, 0.25) is 0 Å². The summed E-state index contributed by atoms with van der Waals surface area (Å²) in [4.78, 5) is 37.5. The Morgan fingerprint density at radius 2 is 0.976 bits per heavy atom. The highest BCUT2D eigenvalue weighted by atomic mass is 16.6. The second kappa shape index (κ2) is 24.1. The zero-order chi connectivity index (χ0) is 30.1. The Labute approximate surface area is 251 Å². The van der Waals surface area contributed by atoms with Crippen LogP contribution in [0.2, 0.25) is 0 Å². The van der Waals surface area contributed by atoms with Crippen molar-refractivity contribution in [3.63, 3.8) is 0 Å². The third-order valence-electron chi connectivity index (χ3n) is 6.80. The summed E-state index contributed by atoms with van der Waals surface area (Å²) < 4.78 is 32.5. The average Bonchev–Trinajstić information content (AvgIpc) is 3.24. The molecule has 0 aromatic heterocycles. The maximum Gasteiger partial charge on any atom is 0.305 e. The van der Waals surface area contributed by atoms with E-state index in [1.54, 1.807) is 24.3 Å². The number of rotatable bonds is 28. The van der Waals surface area contributed by atoms with Crippen LogP contribution in [0.15, 0.2) is 24.3 Å². The maximum absolute atomic E-state index is 12.3. The molecule has 238 valence electrons. The smallest absolute Gasteiger partial charge is 0.305 e. The quantitative estimate of drug-likeness (QED) is 0.0767. The Morgan fingerprint density at radius 1 is 0.571 bits per heavy atom. The fraction of sp³-hybridized carbons (Fsp3) is 0.719. The molecule has 1 aliphatic heterocycles. The van der Waals surface area contributed by atoms with E-state index in [1.165, 1.54) is 49.8 Å². The topological polar surface area (TPSA) is 110 Å². The number of unbranched alkanes of at least 4 members (excludes halogenated alkanes) is 8. The number of amides is 2. The summed E-state index contributed by atoms with van der Waals surface area (Å²) in [5.74, 6) is -0.700. The van der Waals surface area contributed by atoms with Gasteiger partial charge >= 0.3 is 5.97 Å². The fourth-order valence-corrected chi connectivity index (χ4v) is 4.45. The Morgan fingerprint density at radius 3 is 1.45 bits per heavy atom. The monoisotopic (exact) mass is 593 g/mol.